The molecule has 23 nitrogen and oxygen atoms in total. The van der Waals surface area contributed by atoms with E-state index in [1.54, 1.807) is 12.4 Å². The smallest absolute Gasteiger partial charge is 0.442 e. The molecule has 2 aliphatic heterocycles. The number of carbonyl (C=O) groups excluding carboxylic acids is 2. The normalized spacial score (nSPS) is 25.6. The van der Waals surface area contributed by atoms with E-state index in [2.05, 4.69) is 20.3 Å². The number of halogens is 4. The van der Waals surface area contributed by atoms with Gasteiger partial charge in [0.15, 0.2) is 12.2 Å². The fourth-order valence-corrected chi connectivity index (χ4v) is 7.42. The highest BCUT2D eigenvalue weighted by Gasteiger charge is 2.60. The summed E-state index contributed by atoms with van der Waals surface area (Å²) in [5.74, 6) is -7.59. The molecule has 0 bridgehead atoms. The minimum atomic E-state index is -3.81. The highest BCUT2D eigenvalue weighted by molar-refractivity contribution is 5.83. The fraction of sp³-hybridized carbons (Fsp3) is 0.468. The number of aliphatic hydroxyl groups excluding tert-OH is 4. The predicted molar refractivity (Wildman–Crippen MR) is 252 cm³/mol. The fourth-order valence-electron chi connectivity index (χ4n) is 7.42. The average Bonchev–Trinajstić information content (AvgIpc) is 3.72. The third-order valence-corrected chi connectivity index (χ3v) is 11.3. The molecule has 4 aliphatic rings. The number of nitrogens with one attached hydrogen (secondary N) is 1. The van der Waals surface area contributed by atoms with Gasteiger partial charge in [0.2, 0.25) is 12.5 Å². The van der Waals surface area contributed by atoms with Crippen LogP contribution in [0.25, 0.3) is 0 Å². The Morgan fingerprint density at radius 2 is 1.27 bits per heavy atom. The number of benzene rings is 1. The summed E-state index contributed by atoms with van der Waals surface area (Å²) in [4.78, 5) is 67.9. The second-order valence-electron chi connectivity index (χ2n) is 16.7. The van der Waals surface area contributed by atoms with Gasteiger partial charge in [-0.1, -0.05) is 31.1 Å². The summed E-state index contributed by atoms with van der Waals surface area (Å²) in [6, 6.07) is 13.3. The van der Waals surface area contributed by atoms with Crippen molar-refractivity contribution in [2.75, 3.05) is 24.3 Å². The van der Waals surface area contributed by atoms with Crippen molar-refractivity contribution in [2.45, 2.75) is 125 Å². The number of allylic oxidation sites excluding steroid dienone is 2. The zero-order valence-electron chi connectivity index (χ0n) is 39.5. The number of hydrogen-bond acceptors (Lipinski definition) is 19. The summed E-state index contributed by atoms with van der Waals surface area (Å²) in [5.41, 5.74) is 3.03. The number of carbonyl (C=O) groups is 2. The number of anilines is 2. The number of aliphatic hydroxyl groups is 4. The van der Waals surface area contributed by atoms with Crippen LogP contribution in [0.2, 0.25) is 0 Å². The van der Waals surface area contributed by atoms with Crippen LogP contribution in [-0.2, 0) is 18.9 Å². The van der Waals surface area contributed by atoms with Crippen molar-refractivity contribution >= 4 is 29.6 Å². The van der Waals surface area contributed by atoms with Crippen molar-refractivity contribution in [3.8, 4) is 5.75 Å². The molecule has 0 spiro atoms. The second kappa shape index (κ2) is 27.8. The molecule has 0 saturated carbocycles. The van der Waals surface area contributed by atoms with Crippen molar-refractivity contribution in [1.82, 2.24) is 24.1 Å². The minimum Gasteiger partial charge on any atom is -0.442 e. The summed E-state index contributed by atoms with van der Waals surface area (Å²) in [5, 5.41) is 49.5. The lowest BCUT2D eigenvalue weighted by molar-refractivity contribution is -0.384. The van der Waals surface area contributed by atoms with Crippen molar-refractivity contribution in [3.05, 3.63) is 135 Å². The number of nitrogen functional groups attached to an aromatic ring is 1. The van der Waals surface area contributed by atoms with E-state index >= 15 is 0 Å². The Bertz CT molecular complexity index is 2590. The maximum Gasteiger partial charge on any atom is 0.514 e. The quantitative estimate of drug-likeness (QED) is 0.0307. The van der Waals surface area contributed by atoms with Crippen molar-refractivity contribution < 1.29 is 76.2 Å². The maximum absolute atomic E-state index is 14.2. The Hall–Kier alpha value is -7.17. The highest BCUT2D eigenvalue weighted by atomic mass is 19.3. The van der Waals surface area contributed by atoms with Crippen LogP contribution in [0.3, 0.4) is 0 Å². The molecule has 0 radical (unpaired) electrons. The van der Waals surface area contributed by atoms with Crippen molar-refractivity contribution in [2.24, 2.45) is 0 Å². The highest BCUT2D eigenvalue weighted by Crippen LogP contribution is 2.43. The molecule has 27 heteroatoms. The van der Waals surface area contributed by atoms with Crippen LogP contribution in [0, 0.1) is 10.1 Å². The summed E-state index contributed by atoms with van der Waals surface area (Å²) in [7, 11) is 0. The lowest BCUT2D eigenvalue weighted by Crippen LogP contribution is -2.41. The first-order chi connectivity index (χ1) is 35.3. The van der Waals surface area contributed by atoms with E-state index in [1.165, 1.54) is 24.3 Å². The van der Waals surface area contributed by atoms with E-state index in [9.17, 15) is 57.1 Å². The van der Waals surface area contributed by atoms with Gasteiger partial charge in [-0.15, -0.1) is 0 Å². The number of nitro groups is 1. The number of alkyl halides is 4. The molecule has 7 N–H and O–H groups in total. The molecule has 74 heavy (non-hydrogen) atoms. The van der Waals surface area contributed by atoms with E-state index in [-0.39, 0.29) is 29.2 Å². The first-order valence-corrected chi connectivity index (χ1v) is 23.2. The van der Waals surface area contributed by atoms with Crippen LogP contribution in [0.15, 0.2) is 113 Å². The number of aromatic nitrogens is 5. The monoisotopic (exact) mass is 1050 g/mol. The molecule has 5 heterocycles. The maximum atomic E-state index is 14.2. The van der Waals surface area contributed by atoms with Gasteiger partial charge in [0.1, 0.15) is 41.8 Å². The molecule has 2 unspecified atom stereocenters. The minimum absolute atomic E-state index is 0.0568. The van der Waals surface area contributed by atoms with Crippen LogP contribution in [0.5, 0.6) is 5.75 Å². The predicted octanol–water partition coefficient (Wildman–Crippen LogP) is 5.36. The zero-order chi connectivity index (χ0) is 53.8. The van der Waals surface area contributed by atoms with Gasteiger partial charge in [-0.25, -0.2) is 19.2 Å². The number of nitrogens with two attached hydrogens (primary N) is 1. The Morgan fingerprint density at radius 1 is 0.757 bits per heavy atom. The van der Waals surface area contributed by atoms with E-state index in [4.69, 9.17) is 39.6 Å². The summed E-state index contributed by atoms with van der Waals surface area (Å²) < 4.78 is 82.0. The number of nitrogens with zero attached hydrogens (tertiary/aromatic N) is 6. The third kappa shape index (κ3) is 16.4. The SMILES string of the molecule is Nc1ccn([C@@H]2O[C@H](CO)[C@H](O)C2(F)F)c(=O)n1.O=C(Nc1ccn([C@@H]2O[C@H](CO)[C@H](O)C2(F)F)c(=O)n1)OC1/C=C/CCCCC1.O=C(Oc1ccc([N+](=O)[O-])cc1)OC1/C=C/CCCCC1.c1ccncc1. The molecular formula is C47H56F4N8O15. The Balaban J connectivity index is 0.000000199. The van der Waals surface area contributed by atoms with Crippen LogP contribution < -0.4 is 27.2 Å². The van der Waals surface area contributed by atoms with E-state index in [0.717, 1.165) is 82.3 Å². The first kappa shape index (κ1) is 57.7. The van der Waals surface area contributed by atoms with Crippen molar-refractivity contribution in [3.63, 3.8) is 0 Å². The first-order valence-electron chi connectivity index (χ1n) is 23.2. The number of hydrogen-bond donors (Lipinski definition) is 6. The van der Waals surface area contributed by atoms with Crippen LogP contribution in [0.1, 0.15) is 76.7 Å². The molecule has 2 saturated heterocycles. The third-order valence-electron chi connectivity index (χ3n) is 11.3. The molecular weight excluding hydrogens is 993 g/mol. The molecule has 3 aromatic heterocycles. The molecule has 402 valence electrons. The van der Waals surface area contributed by atoms with Gasteiger partial charge in [-0.3, -0.25) is 29.5 Å². The number of ether oxygens (including phenoxy) is 5. The molecule has 4 aromatic rings. The number of rotatable bonds is 9. The standard InChI is InChI=1S/C18H23F2N3O6.C15H17NO5.C9H11F2N3O4.C5H5N/c19-18(20)14(25)12(10-24)29-15(18)23-9-8-13(21-16(23)26)22-17(27)28-11-6-4-2-1-3-5-7-11;17-15(20-13-6-4-2-1-3-5-7-13)21-14-10-8-12(9-11-14)16(18)19;10-9(11)6(16)4(3-15)18-7(9)14-2-1-5(12)13-8(14)17;1-2-4-6-5-3-1/h4,6,8-9,11-12,14-15,24-25H,1-3,5,7,10H2,(H,21,22,26,27);4,6,8-11,13H,1-3,5,7H2;1-2,4,6-7,15-16H,3H2,(H2,12,13,17);1-5H/b2*6-4+;;/t11?,12-,14+,15-;;4-,6+,7-;/m1.1./s1. The van der Waals surface area contributed by atoms with Gasteiger partial charge in [0.25, 0.3) is 5.69 Å². The molecule has 2 fully saturated rings. The van der Waals surface area contributed by atoms with Gasteiger partial charge >= 0.3 is 35.5 Å². The van der Waals surface area contributed by atoms with Gasteiger partial charge in [0.05, 0.1) is 18.1 Å². The summed E-state index contributed by atoms with van der Waals surface area (Å²) in [6.45, 7) is -1.62. The second-order valence-corrected chi connectivity index (χ2v) is 16.7. The Kier molecular flexibility index (Phi) is 21.7. The van der Waals surface area contributed by atoms with Gasteiger partial charge in [0, 0.05) is 36.9 Å². The van der Waals surface area contributed by atoms with E-state index in [1.807, 2.05) is 42.5 Å². The molecule has 2 aliphatic carbocycles. The Labute approximate surface area is 419 Å². The number of non-ortho nitro benzene ring substituents is 1. The largest absolute Gasteiger partial charge is 0.514 e. The molecule has 8 rings (SSSR count). The van der Waals surface area contributed by atoms with Crippen molar-refractivity contribution in [1.29, 1.82) is 0 Å². The lowest BCUT2D eigenvalue weighted by Gasteiger charge is -2.21. The lowest BCUT2D eigenvalue weighted by atomic mass is 10.0. The number of amides is 1. The van der Waals surface area contributed by atoms with Gasteiger partial charge in [-0.2, -0.15) is 27.5 Å². The van der Waals surface area contributed by atoms with Gasteiger partial charge in [-0.05, 0) is 99.9 Å². The summed E-state index contributed by atoms with van der Waals surface area (Å²) in [6.07, 6.45) is 8.99. The number of nitro benzene ring substituents is 1. The average molecular weight is 1050 g/mol. The Morgan fingerprint density at radius 3 is 1.72 bits per heavy atom. The van der Waals surface area contributed by atoms with Crippen LogP contribution in [-0.4, -0.2) is 123 Å². The molecule has 1 aromatic carbocycles. The van der Waals surface area contributed by atoms with E-state index < -0.39 is 96.6 Å². The van der Waals surface area contributed by atoms with E-state index in [0.29, 0.717) is 15.6 Å². The number of pyridine rings is 1. The van der Waals surface area contributed by atoms with Crippen LogP contribution in [0.4, 0.5) is 44.5 Å². The molecule has 1 amide bonds. The molecule has 8 atom stereocenters. The zero-order valence-corrected chi connectivity index (χ0v) is 39.5. The van der Waals surface area contributed by atoms with Gasteiger partial charge < -0.3 is 49.8 Å². The topological polar surface area (TPSA) is 325 Å². The summed E-state index contributed by atoms with van der Waals surface area (Å²) >= 11 is 0. The van der Waals surface area contributed by atoms with Crippen LogP contribution >= 0.6 is 0 Å².